The molecule has 2 N–H and O–H groups in total. The molecule has 0 radical (unpaired) electrons. The molecule has 80 valence electrons. The fourth-order valence-electron chi connectivity index (χ4n) is 0.893. The summed E-state index contributed by atoms with van der Waals surface area (Å²) in [4.78, 5) is 4.03. The van der Waals surface area contributed by atoms with Crippen LogP contribution in [0.25, 0.3) is 0 Å². The van der Waals surface area contributed by atoms with Crippen LogP contribution in [0.4, 0.5) is 0 Å². The van der Waals surface area contributed by atoms with Crippen LogP contribution < -0.4 is 10.5 Å². The molecule has 1 rings (SSSR count). The van der Waals surface area contributed by atoms with Gasteiger partial charge in [-0.2, -0.15) is 4.98 Å². The third-order valence-corrected chi connectivity index (χ3v) is 1.82. The molecule has 0 saturated heterocycles. The van der Waals surface area contributed by atoms with Crippen molar-refractivity contribution < 1.29 is 9.15 Å². The molecule has 0 atom stereocenters. The molecule has 0 aliphatic carbocycles. The Balaban J connectivity index is 2.31. The highest BCUT2D eigenvalue weighted by molar-refractivity contribution is 4.98. The fraction of sp³-hybridized carbons (Fsp3) is 0.700. The zero-order valence-electron chi connectivity index (χ0n) is 9.04. The Morgan fingerprint density at radius 1 is 1.50 bits per heavy atom. The van der Waals surface area contributed by atoms with E-state index in [1.807, 2.05) is 0 Å². The Morgan fingerprint density at radius 3 is 2.71 bits per heavy atom. The average Bonchev–Trinajstić information content (AvgIpc) is 2.50. The number of rotatable bonds is 4. The van der Waals surface area contributed by atoms with Crippen molar-refractivity contribution in [3.05, 3.63) is 12.0 Å². The average molecular weight is 198 g/mol. The first-order valence-electron chi connectivity index (χ1n) is 4.78. The van der Waals surface area contributed by atoms with Crippen molar-refractivity contribution in [2.75, 3.05) is 6.61 Å². The molecule has 0 unspecified atom stereocenters. The van der Waals surface area contributed by atoms with E-state index >= 15 is 0 Å². The van der Waals surface area contributed by atoms with E-state index in [0.717, 1.165) is 12.1 Å². The third kappa shape index (κ3) is 3.79. The lowest BCUT2D eigenvalue weighted by Crippen LogP contribution is -2.11. The lowest BCUT2D eigenvalue weighted by atomic mass is 9.93. The van der Waals surface area contributed by atoms with Crippen LogP contribution >= 0.6 is 0 Å². The number of nitrogens with two attached hydrogens (primary N) is 1. The van der Waals surface area contributed by atoms with Gasteiger partial charge in [0.1, 0.15) is 6.26 Å². The molecule has 1 heterocycles. The monoisotopic (exact) mass is 198 g/mol. The van der Waals surface area contributed by atoms with Crippen LogP contribution in [0.3, 0.4) is 0 Å². The quantitative estimate of drug-likeness (QED) is 0.803. The molecule has 0 spiro atoms. The van der Waals surface area contributed by atoms with Gasteiger partial charge in [0, 0.05) is 6.54 Å². The number of hydrogen-bond donors (Lipinski definition) is 1. The predicted octanol–water partition coefficient (Wildman–Crippen LogP) is 1.95. The highest BCUT2D eigenvalue weighted by atomic mass is 16.6. The van der Waals surface area contributed by atoms with Gasteiger partial charge in [0.25, 0.3) is 0 Å². The van der Waals surface area contributed by atoms with Crippen molar-refractivity contribution in [1.82, 2.24) is 4.98 Å². The largest absolute Gasteiger partial charge is 0.450 e. The first-order valence-corrected chi connectivity index (χ1v) is 4.78. The van der Waals surface area contributed by atoms with Crippen molar-refractivity contribution in [2.45, 2.75) is 33.7 Å². The van der Waals surface area contributed by atoms with Gasteiger partial charge < -0.3 is 14.9 Å². The van der Waals surface area contributed by atoms with Crippen LogP contribution in [-0.2, 0) is 6.54 Å². The van der Waals surface area contributed by atoms with E-state index in [2.05, 4.69) is 25.8 Å². The topological polar surface area (TPSA) is 61.3 Å². The molecule has 4 heteroatoms. The van der Waals surface area contributed by atoms with Gasteiger partial charge in [-0.05, 0) is 11.8 Å². The Bertz CT molecular complexity index is 276. The molecule has 0 bridgehead atoms. The van der Waals surface area contributed by atoms with Gasteiger partial charge in [-0.3, -0.25) is 0 Å². The zero-order chi connectivity index (χ0) is 10.6. The zero-order valence-corrected chi connectivity index (χ0v) is 9.04. The summed E-state index contributed by atoms with van der Waals surface area (Å²) in [6.45, 7) is 7.49. The summed E-state index contributed by atoms with van der Waals surface area (Å²) in [5.41, 5.74) is 6.37. The molecule has 0 aromatic carbocycles. The Kier molecular flexibility index (Phi) is 3.52. The molecular weight excluding hydrogens is 180 g/mol. The van der Waals surface area contributed by atoms with Gasteiger partial charge in [-0.1, -0.05) is 20.8 Å². The van der Waals surface area contributed by atoms with Gasteiger partial charge in [0.05, 0.1) is 12.3 Å². The smallest absolute Gasteiger partial charge is 0.393 e. The normalized spacial score (nSPS) is 11.7. The van der Waals surface area contributed by atoms with Crippen molar-refractivity contribution in [3.63, 3.8) is 0 Å². The summed E-state index contributed by atoms with van der Waals surface area (Å²) in [5.74, 6) is 0. The Labute approximate surface area is 84.5 Å². The number of aromatic nitrogens is 1. The molecular formula is C10H18N2O2. The summed E-state index contributed by atoms with van der Waals surface area (Å²) in [6.07, 6.45) is 2.80. The van der Waals surface area contributed by atoms with Crippen LogP contribution in [0.5, 0.6) is 6.08 Å². The number of nitrogens with zero attached hydrogens (tertiary/aromatic N) is 1. The van der Waals surface area contributed by atoms with Gasteiger partial charge in [0.2, 0.25) is 0 Å². The first kappa shape index (κ1) is 11.0. The maximum Gasteiger partial charge on any atom is 0.393 e. The van der Waals surface area contributed by atoms with Gasteiger partial charge in [-0.15, -0.1) is 0 Å². The molecule has 1 aromatic heterocycles. The fourth-order valence-corrected chi connectivity index (χ4v) is 0.893. The highest BCUT2D eigenvalue weighted by Gasteiger charge is 2.11. The Morgan fingerprint density at radius 2 is 2.21 bits per heavy atom. The maximum absolute atomic E-state index is 5.38. The van der Waals surface area contributed by atoms with Crippen molar-refractivity contribution in [1.29, 1.82) is 0 Å². The minimum Gasteiger partial charge on any atom is -0.450 e. The molecule has 14 heavy (non-hydrogen) atoms. The number of oxazole rings is 1. The van der Waals surface area contributed by atoms with Crippen molar-refractivity contribution >= 4 is 0 Å². The SMILES string of the molecule is CC(C)(C)CCOc1nc(CN)co1. The number of ether oxygens (including phenoxy) is 1. The van der Waals surface area contributed by atoms with E-state index in [4.69, 9.17) is 14.9 Å². The van der Waals surface area contributed by atoms with Crippen LogP contribution in [0, 0.1) is 5.41 Å². The van der Waals surface area contributed by atoms with E-state index in [-0.39, 0.29) is 5.41 Å². The van der Waals surface area contributed by atoms with Gasteiger partial charge >= 0.3 is 6.08 Å². The molecule has 0 aliphatic heterocycles. The summed E-state index contributed by atoms with van der Waals surface area (Å²) in [5, 5.41) is 0. The summed E-state index contributed by atoms with van der Waals surface area (Å²) < 4.78 is 10.4. The van der Waals surface area contributed by atoms with E-state index in [1.54, 1.807) is 0 Å². The lowest BCUT2D eigenvalue weighted by Gasteiger charge is -2.16. The Hall–Kier alpha value is -1.03. The maximum atomic E-state index is 5.38. The van der Waals surface area contributed by atoms with Crippen molar-refractivity contribution in [2.24, 2.45) is 11.1 Å². The van der Waals surface area contributed by atoms with E-state index in [0.29, 0.717) is 19.2 Å². The minimum atomic E-state index is 0.267. The molecule has 1 aromatic rings. The van der Waals surface area contributed by atoms with Gasteiger partial charge in [-0.25, -0.2) is 0 Å². The summed E-state index contributed by atoms with van der Waals surface area (Å²) in [6, 6.07) is 0. The van der Waals surface area contributed by atoms with Crippen LogP contribution in [0.1, 0.15) is 32.9 Å². The summed E-state index contributed by atoms with van der Waals surface area (Å²) >= 11 is 0. The molecule has 0 fully saturated rings. The molecule has 0 saturated carbocycles. The highest BCUT2D eigenvalue weighted by Crippen LogP contribution is 2.19. The standard InChI is InChI=1S/C10H18N2O2/c1-10(2,3)4-5-13-9-12-8(6-11)7-14-9/h7H,4-6,11H2,1-3H3. The van der Waals surface area contributed by atoms with E-state index in [1.165, 1.54) is 6.26 Å². The molecule has 4 nitrogen and oxygen atoms in total. The second-order valence-electron chi connectivity index (χ2n) is 4.47. The second-order valence-corrected chi connectivity index (χ2v) is 4.47. The minimum absolute atomic E-state index is 0.267. The van der Waals surface area contributed by atoms with Gasteiger partial charge in [0.15, 0.2) is 0 Å². The second kappa shape index (κ2) is 4.46. The third-order valence-electron chi connectivity index (χ3n) is 1.82. The lowest BCUT2D eigenvalue weighted by molar-refractivity contribution is 0.191. The van der Waals surface area contributed by atoms with E-state index in [9.17, 15) is 0 Å². The van der Waals surface area contributed by atoms with Crippen LogP contribution in [0.15, 0.2) is 10.7 Å². The van der Waals surface area contributed by atoms with Crippen LogP contribution in [0.2, 0.25) is 0 Å². The number of hydrogen-bond acceptors (Lipinski definition) is 4. The molecule has 0 aliphatic rings. The summed E-state index contributed by atoms with van der Waals surface area (Å²) in [7, 11) is 0. The first-order chi connectivity index (χ1) is 6.51. The van der Waals surface area contributed by atoms with Crippen molar-refractivity contribution in [3.8, 4) is 6.08 Å². The van der Waals surface area contributed by atoms with E-state index < -0.39 is 0 Å². The van der Waals surface area contributed by atoms with Crippen LogP contribution in [-0.4, -0.2) is 11.6 Å². The predicted molar refractivity (Wildman–Crippen MR) is 54.0 cm³/mol. The molecule has 0 amide bonds.